The monoisotopic (exact) mass is 264 g/mol. The van der Waals surface area contributed by atoms with Gasteiger partial charge < -0.3 is 14.2 Å². The Bertz CT molecular complexity index is 428. The van der Waals surface area contributed by atoms with E-state index in [1.165, 1.54) is 0 Å². The highest BCUT2D eigenvalue weighted by Crippen LogP contribution is 2.42. The third-order valence-electron chi connectivity index (χ3n) is 2.53. The maximum atomic E-state index is 5.98. The van der Waals surface area contributed by atoms with E-state index in [9.17, 15) is 0 Å². The Labute approximate surface area is 115 Å². The third kappa shape index (κ3) is 4.34. The molecular formula is C16H24O3. The Kier molecular flexibility index (Phi) is 3.93. The summed E-state index contributed by atoms with van der Waals surface area (Å²) in [4.78, 5) is 0. The topological polar surface area (TPSA) is 27.7 Å². The van der Waals surface area contributed by atoms with Gasteiger partial charge >= 0.3 is 0 Å². The molecule has 0 aromatic heterocycles. The molecule has 1 aliphatic carbocycles. The first-order valence-electron chi connectivity index (χ1n) is 7.00. The van der Waals surface area contributed by atoms with Gasteiger partial charge in [0.25, 0.3) is 0 Å². The van der Waals surface area contributed by atoms with Crippen molar-refractivity contribution in [3.63, 3.8) is 0 Å². The van der Waals surface area contributed by atoms with Crippen LogP contribution in [0.3, 0.4) is 0 Å². The van der Waals surface area contributed by atoms with Gasteiger partial charge in [-0.25, -0.2) is 0 Å². The minimum atomic E-state index is -0.252. The van der Waals surface area contributed by atoms with E-state index in [1.807, 2.05) is 52.8 Å². The zero-order valence-corrected chi connectivity index (χ0v) is 12.5. The van der Waals surface area contributed by atoms with Crippen LogP contribution in [0.15, 0.2) is 18.2 Å². The van der Waals surface area contributed by atoms with Gasteiger partial charge in [-0.3, -0.25) is 0 Å². The summed E-state index contributed by atoms with van der Waals surface area (Å²) in [6, 6.07) is 5.82. The molecule has 1 aliphatic rings. The van der Waals surface area contributed by atoms with Crippen molar-refractivity contribution in [2.75, 3.05) is 0 Å². The number of rotatable bonds is 5. The molecule has 19 heavy (non-hydrogen) atoms. The SMILES string of the molecule is CC(C)Oc1cccc(OC(C)(C)C)c1OC1CC1. The Hall–Kier alpha value is -1.38. The Balaban J connectivity index is 2.28. The van der Waals surface area contributed by atoms with Gasteiger partial charge in [0.1, 0.15) is 5.60 Å². The van der Waals surface area contributed by atoms with Crippen molar-refractivity contribution < 1.29 is 14.2 Å². The summed E-state index contributed by atoms with van der Waals surface area (Å²) in [7, 11) is 0. The predicted molar refractivity (Wildman–Crippen MR) is 76.2 cm³/mol. The molecule has 1 aromatic carbocycles. The second-order valence-electron chi connectivity index (χ2n) is 6.28. The van der Waals surface area contributed by atoms with Crippen molar-refractivity contribution in [1.29, 1.82) is 0 Å². The molecule has 106 valence electrons. The molecule has 1 fully saturated rings. The fourth-order valence-corrected chi connectivity index (χ4v) is 1.72. The highest BCUT2D eigenvalue weighted by Gasteiger charge is 2.28. The number of ether oxygens (including phenoxy) is 3. The highest BCUT2D eigenvalue weighted by atomic mass is 16.6. The van der Waals surface area contributed by atoms with E-state index in [0.717, 1.165) is 30.1 Å². The van der Waals surface area contributed by atoms with Gasteiger partial charge in [0.05, 0.1) is 12.2 Å². The van der Waals surface area contributed by atoms with Crippen LogP contribution in [0.1, 0.15) is 47.5 Å². The summed E-state index contributed by atoms with van der Waals surface area (Å²) < 4.78 is 17.8. The molecule has 0 heterocycles. The molecule has 0 unspecified atom stereocenters. The molecule has 1 saturated carbocycles. The summed E-state index contributed by atoms with van der Waals surface area (Å²) >= 11 is 0. The molecule has 2 rings (SSSR count). The molecular weight excluding hydrogens is 240 g/mol. The van der Waals surface area contributed by atoms with E-state index in [1.54, 1.807) is 0 Å². The molecule has 1 aromatic rings. The molecule has 0 radical (unpaired) electrons. The fourth-order valence-electron chi connectivity index (χ4n) is 1.72. The van der Waals surface area contributed by atoms with Crippen LogP contribution in [0.5, 0.6) is 17.2 Å². The summed E-state index contributed by atoms with van der Waals surface area (Å²) in [5.41, 5.74) is -0.252. The molecule has 0 saturated heterocycles. The van der Waals surface area contributed by atoms with E-state index in [0.29, 0.717) is 6.10 Å². The number of benzene rings is 1. The quantitative estimate of drug-likeness (QED) is 0.798. The third-order valence-corrected chi connectivity index (χ3v) is 2.53. The van der Waals surface area contributed by atoms with Gasteiger partial charge in [0, 0.05) is 0 Å². The van der Waals surface area contributed by atoms with Crippen molar-refractivity contribution in [2.45, 2.75) is 65.3 Å². The zero-order chi connectivity index (χ0) is 14.0. The van der Waals surface area contributed by atoms with E-state index < -0.39 is 0 Å². The smallest absolute Gasteiger partial charge is 0.203 e. The van der Waals surface area contributed by atoms with Crippen molar-refractivity contribution >= 4 is 0 Å². The van der Waals surface area contributed by atoms with Crippen molar-refractivity contribution in [1.82, 2.24) is 0 Å². The van der Waals surface area contributed by atoms with E-state index in [2.05, 4.69) is 0 Å². The van der Waals surface area contributed by atoms with Crippen LogP contribution < -0.4 is 14.2 Å². The largest absolute Gasteiger partial charge is 0.487 e. The molecule has 0 N–H and O–H groups in total. The van der Waals surface area contributed by atoms with Crippen LogP contribution in [0.2, 0.25) is 0 Å². The second-order valence-corrected chi connectivity index (χ2v) is 6.28. The lowest BCUT2D eigenvalue weighted by molar-refractivity contribution is 0.120. The van der Waals surface area contributed by atoms with Crippen molar-refractivity contribution in [2.24, 2.45) is 0 Å². The molecule has 3 nitrogen and oxygen atoms in total. The lowest BCUT2D eigenvalue weighted by Crippen LogP contribution is -2.23. The van der Waals surface area contributed by atoms with E-state index >= 15 is 0 Å². The second kappa shape index (κ2) is 5.32. The normalized spacial score (nSPS) is 15.5. The molecule has 0 spiro atoms. The van der Waals surface area contributed by atoms with Crippen LogP contribution in [0.25, 0.3) is 0 Å². The van der Waals surface area contributed by atoms with Gasteiger partial charge in [-0.2, -0.15) is 0 Å². The summed E-state index contributed by atoms with van der Waals surface area (Å²) in [5, 5.41) is 0. The minimum absolute atomic E-state index is 0.117. The van der Waals surface area contributed by atoms with Crippen LogP contribution in [-0.4, -0.2) is 17.8 Å². The number of hydrogen-bond donors (Lipinski definition) is 0. The Morgan fingerprint density at radius 2 is 1.74 bits per heavy atom. The van der Waals surface area contributed by atoms with Crippen LogP contribution in [0.4, 0.5) is 0 Å². The maximum absolute atomic E-state index is 5.98. The van der Waals surface area contributed by atoms with Crippen LogP contribution in [0, 0.1) is 0 Å². The van der Waals surface area contributed by atoms with Crippen LogP contribution in [-0.2, 0) is 0 Å². The summed E-state index contributed by atoms with van der Waals surface area (Å²) in [6.07, 6.45) is 2.67. The molecule has 0 amide bonds. The molecule has 0 atom stereocenters. The Morgan fingerprint density at radius 1 is 1.11 bits per heavy atom. The minimum Gasteiger partial charge on any atom is -0.487 e. The first-order chi connectivity index (χ1) is 8.85. The summed E-state index contributed by atoms with van der Waals surface area (Å²) in [5.74, 6) is 2.27. The fraction of sp³-hybridized carbons (Fsp3) is 0.625. The van der Waals surface area contributed by atoms with Gasteiger partial charge in [0.2, 0.25) is 5.75 Å². The maximum Gasteiger partial charge on any atom is 0.203 e. The first kappa shape index (κ1) is 14.0. The van der Waals surface area contributed by atoms with Crippen LogP contribution >= 0.6 is 0 Å². The lowest BCUT2D eigenvalue weighted by atomic mass is 10.2. The summed E-state index contributed by atoms with van der Waals surface area (Å²) in [6.45, 7) is 10.1. The molecule has 3 heteroatoms. The van der Waals surface area contributed by atoms with E-state index in [4.69, 9.17) is 14.2 Å². The number of para-hydroxylation sites is 1. The van der Waals surface area contributed by atoms with E-state index in [-0.39, 0.29) is 11.7 Å². The van der Waals surface area contributed by atoms with Gasteiger partial charge in [-0.1, -0.05) is 6.07 Å². The number of hydrogen-bond acceptors (Lipinski definition) is 3. The average molecular weight is 264 g/mol. The zero-order valence-electron chi connectivity index (χ0n) is 12.5. The van der Waals surface area contributed by atoms with Gasteiger partial charge in [-0.15, -0.1) is 0 Å². The van der Waals surface area contributed by atoms with Gasteiger partial charge in [0.15, 0.2) is 11.5 Å². The Morgan fingerprint density at radius 3 is 2.26 bits per heavy atom. The standard InChI is InChI=1S/C16H24O3/c1-11(2)17-13-7-6-8-14(19-16(3,4)5)15(13)18-12-9-10-12/h6-8,11-12H,9-10H2,1-5H3. The average Bonchev–Trinajstić information content (AvgIpc) is 3.03. The van der Waals surface area contributed by atoms with Crippen molar-refractivity contribution in [3.8, 4) is 17.2 Å². The molecule has 0 bridgehead atoms. The lowest BCUT2D eigenvalue weighted by Gasteiger charge is -2.24. The predicted octanol–water partition coefficient (Wildman–Crippen LogP) is 4.19. The van der Waals surface area contributed by atoms with Crippen molar-refractivity contribution in [3.05, 3.63) is 18.2 Å². The van der Waals surface area contributed by atoms with Gasteiger partial charge in [-0.05, 0) is 59.6 Å². The first-order valence-corrected chi connectivity index (χ1v) is 7.00. The molecule has 0 aliphatic heterocycles. The highest BCUT2D eigenvalue weighted by molar-refractivity contribution is 5.51.